The van der Waals surface area contributed by atoms with Crippen molar-refractivity contribution in [2.24, 2.45) is 7.05 Å². The minimum Gasteiger partial charge on any atom is -0.396 e. The predicted molar refractivity (Wildman–Crippen MR) is 52.6 cm³/mol. The molecule has 0 unspecified atom stereocenters. The van der Waals surface area contributed by atoms with Crippen LogP contribution in [-0.2, 0) is 7.05 Å². The molecule has 0 spiro atoms. The van der Waals surface area contributed by atoms with Crippen LogP contribution in [0.2, 0.25) is 0 Å². The summed E-state index contributed by atoms with van der Waals surface area (Å²) in [5.41, 5.74) is -0.109. The molecule has 9 nitrogen and oxygen atoms in total. The van der Waals surface area contributed by atoms with Crippen molar-refractivity contribution in [3.05, 3.63) is 11.8 Å². The lowest BCUT2D eigenvalue weighted by atomic mass is 10.3. The molecule has 0 aliphatic rings. The lowest BCUT2D eigenvalue weighted by molar-refractivity contribution is -0.420. The number of carbonyl (C=O) groups is 1. The number of amides is 1. The zero-order chi connectivity index (χ0) is 13.1. The number of aliphatic hydroxyl groups excluding tert-OH is 1. The van der Waals surface area contributed by atoms with Gasteiger partial charge in [0.2, 0.25) is 0 Å². The topological polar surface area (TPSA) is 137 Å². The highest BCUT2D eigenvalue weighted by atomic mass is 16.9. The van der Waals surface area contributed by atoms with Crippen LogP contribution in [0.25, 0.3) is 0 Å². The van der Waals surface area contributed by atoms with Crippen molar-refractivity contribution in [3.8, 4) is 5.88 Å². The zero-order valence-corrected chi connectivity index (χ0v) is 8.99. The predicted octanol–water partition coefficient (Wildman–Crippen LogP) is -2.89. The van der Waals surface area contributed by atoms with Gasteiger partial charge in [-0.2, -0.15) is 0 Å². The Hall–Kier alpha value is -1.68. The lowest BCUT2D eigenvalue weighted by Gasteiger charge is -2.13. The second-order valence-electron chi connectivity index (χ2n) is 3.18. The molecule has 5 N–H and O–H groups in total. The Balaban J connectivity index is 2.87. The molecule has 9 heteroatoms. The van der Waals surface area contributed by atoms with Crippen LogP contribution >= 0.6 is 0 Å². The van der Waals surface area contributed by atoms with E-state index in [2.05, 4.69) is 15.2 Å². The van der Waals surface area contributed by atoms with Crippen molar-refractivity contribution in [2.75, 3.05) is 13.2 Å². The molecular weight excluding hydrogens is 234 g/mol. The summed E-state index contributed by atoms with van der Waals surface area (Å²) in [6.45, 7) is -0.220. The molecule has 17 heavy (non-hydrogen) atoms. The molecule has 96 valence electrons. The number of aromatic nitrogens is 2. The minimum absolute atomic E-state index is 0.0235. The fourth-order valence-corrected chi connectivity index (χ4v) is 1.09. The van der Waals surface area contributed by atoms with E-state index in [1.807, 2.05) is 0 Å². The molecule has 1 rings (SSSR count). The Bertz CT molecular complexity index is 396. The number of hydrogen-bond donors (Lipinski definition) is 5. The first-order chi connectivity index (χ1) is 7.83. The van der Waals surface area contributed by atoms with E-state index in [1.54, 1.807) is 0 Å². The second kappa shape index (κ2) is 5.10. The summed E-state index contributed by atoms with van der Waals surface area (Å²) in [5.74, 6) is -1.08. The van der Waals surface area contributed by atoms with Crippen LogP contribution in [0.5, 0.6) is 5.88 Å². The molecule has 0 aliphatic heterocycles. The molecule has 1 aromatic heterocycles. The number of aliphatic hydroxyl groups is 4. The van der Waals surface area contributed by atoms with E-state index < -0.39 is 17.9 Å². The van der Waals surface area contributed by atoms with Gasteiger partial charge in [0.1, 0.15) is 5.56 Å². The van der Waals surface area contributed by atoms with E-state index in [0.717, 1.165) is 0 Å². The Labute approximate surface area is 95.9 Å². The van der Waals surface area contributed by atoms with Gasteiger partial charge < -0.3 is 30.5 Å². The van der Waals surface area contributed by atoms with E-state index in [9.17, 15) is 4.79 Å². The smallest absolute Gasteiger partial charge is 0.396 e. The number of carbonyl (C=O) groups excluding carboxylic acids is 1. The molecule has 0 aromatic carbocycles. The highest BCUT2D eigenvalue weighted by Gasteiger charge is 2.27. The van der Waals surface area contributed by atoms with E-state index in [-0.39, 0.29) is 18.7 Å². The van der Waals surface area contributed by atoms with Crippen LogP contribution in [0.15, 0.2) is 6.20 Å². The number of ether oxygens (including phenoxy) is 1. The van der Waals surface area contributed by atoms with Gasteiger partial charge in [0.15, 0.2) is 0 Å². The third-order valence-electron chi connectivity index (χ3n) is 1.67. The summed E-state index contributed by atoms with van der Waals surface area (Å²) in [6, 6.07) is 0. The van der Waals surface area contributed by atoms with Gasteiger partial charge in [0.05, 0.1) is 6.61 Å². The molecule has 1 amide bonds. The Morgan fingerprint density at radius 1 is 1.59 bits per heavy atom. The molecule has 1 aromatic rings. The molecule has 1 heterocycles. The molecular formula is C8H13N3O6. The van der Waals surface area contributed by atoms with Crippen LogP contribution in [0.3, 0.4) is 0 Å². The van der Waals surface area contributed by atoms with Gasteiger partial charge in [0, 0.05) is 19.8 Å². The average molecular weight is 247 g/mol. The number of aryl methyl sites for hydroxylation is 1. The van der Waals surface area contributed by atoms with Gasteiger partial charge in [-0.05, 0) is 0 Å². The van der Waals surface area contributed by atoms with Crippen molar-refractivity contribution in [1.29, 1.82) is 0 Å². The monoisotopic (exact) mass is 247 g/mol. The Morgan fingerprint density at radius 2 is 2.24 bits per heavy atom. The van der Waals surface area contributed by atoms with Gasteiger partial charge in [-0.25, -0.2) is 0 Å². The summed E-state index contributed by atoms with van der Waals surface area (Å²) >= 11 is 0. The summed E-state index contributed by atoms with van der Waals surface area (Å²) in [5, 5.41) is 40.4. The number of nitrogens with one attached hydrogen (secondary N) is 1. The quantitative estimate of drug-likeness (QED) is 0.352. The Kier molecular flexibility index (Phi) is 4.02. The normalized spacial score (nSPS) is 11.4. The highest BCUT2D eigenvalue weighted by molar-refractivity contribution is 5.96. The molecule has 0 saturated heterocycles. The maximum atomic E-state index is 11.5. The summed E-state index contributed by atoms with van der Waals surface area (Å²) in [6.07, 6.45) is -2.16. The number of hydrogen-bond acceptors (Lipinski definition) is 7. The van der Waals surface area contributed by atoms with Crippen molar-refractivity contribution < 1.29 is 30.0 Å². The molecule has 0 fully saturated rings. The van der Waals surface area contributed by atoms with E-state index >= 15 is 0 Å². The molecule has 0 radical (unpaired) electrons. The highest BCUT2D eigenvalue weighted by Crippen LogP contribution is 2.18. The van der Waals surface area contributed by atoms with Gasteiger partial charge in [-0.1, -0.05) is 0 Å². The second-order valence-corrected chi connectivity index (χ2v) is 3.18. The molecule has 0 bridgehead atoms. The van der Waals surface area contributed by atoms with Gasteiger partial charge in [-0.15, -0.1) is 5.10 Å². The zero-order valence-electron chi connectivity index (χ0n) is 8.99. The maximum Gasteiger partial charge on any atom is 0.454 e. The summed E-state index contributed by atoms with van der Waals surface area (Å²) in [7, 11) is 1.48. The van der Waals surface area contributed by atoms with Crippen molar-refractivity contribution in [1.82, 2.24) is 15.1 Å². The first kappa shape index (κ1) is 13.4. The molecule has 0 saturated carbocycles. The van der Waals surface area contributed by atoms with Crippen molar-refractivity contribution in [2.45, 2.75) is 6.16 Å². The van der Waals surface area contributed by atoms with Gasteiger partial charge in [-0.3, -0.25) is 9.48 Å². The van der Waals surface area contributed by atoms with Crippen LogP contribution < -0.4 is 10.1 Å². The largest absolute Gasteiger partial charge is 0.454 e. The summed E-state index contributed by atoms with van der Waals surface area (Å²) < 4.78 is 5.46. The molecule has 0 aliphatic carbocycles. The number of nitrogens with zero attached hydrogens (tertiary/aromatic N) is 2. The average Bonchev–Trinajstić information content (AvgIpc) is 2.53. The fourth-order valence-electron chi connectivity index (χ4n) is 1.09. The first-order valence-corrected chi connectivity index (χ1v) is 4.62. The molecule has 0 atom stereocenters. The van der Waals surface area contributed by atoms with E-state index in [0.29, 0.717) is 0 Å². The minimum atomic E-state index is -3.42. The third-order valence-corrected chi connectivity index (χ3v) is 1.67. The van der Waals surface area contributed by atoms with E-state index in [1.165, 1.54) is 17.9 Å². The first-order valence-electron chi connectivity index (χ1n) is 4.62. The van der Waals surface area contributed by atoms with Gasteiger partial charge in [0.25, 0.3) is 11.8 Å². The van der Waals surface area contributed by atoms with Crippen LogP contribution in [-0.4, -0.2) is 55.4 Å². The Morgan fingerprint density at radius 3 is 2.76 bits per heavy atom. The number of rotatable bonds is 5. The third kappa shape index (κ3) is 4.00. The standard InChI is InChI=1S/C8H13N3O6/c1-11-4-5(6(13)9-2-3-12)7(10-11)17-8(14,15)16/h4,12,14-16H,2-3H2,1H3,(H,9,13). The van der Waals surface area contributed by atoms with E-state index in [4.69, 9.17) is 20.4 Å². The SMILES string of the molecule is Cn1cc(C(=O)NCCO)c(OC(O)(O)O)n1. The fraction of sp³-hybridized carbons (Fsp3) is 0.500. The van der Waals surface area contributed by atoms with Gasteiger partial charge >= 0.3 is 6.16 Å². The van der Waals surface area contributed by atoms with Crippen LogP contribution in [0.4, 0.5) is 0 Å². The lowest BCUT2D eigenvalue weighted by Crippen LogP contribution is -2.36. The van der Waals surface area contributed by atoms with Crippen molar-refractivity contribution >= 4 is 5.91 Å². The summed E-state index contributed by atoms with van der Waals surface area (Å²) in [4.78, 5) is 11.5. The van der Waals surface area contributed by atoms with Crippen LogP contribution in [0.1, 0.15) is 10.4 Å². The maximum absolute atomic E-state index is 11.5. The van der Waals surface area contributed by atoms with Crippen LogP contribution in [0, 0.1) is 0 Å². The van der Waals surface area contributed by atoms with Crippen molar-refractivity contribution in [3.63, 3.8) is 0 Å².